The van der Waals surface area contributed by atoms with E-state index in [9.17, 15) is 18.0 Å². The third kappa shape index (κ3) is 5.73. The van der Waals surface area contributed by atoms with Crippen LogP contribution in [0.1, 0.15) is 23.7 Å². The molecule has 0 aliphatic carbocycles. The van der Waals surface area contributed by atoms with E-state index in [2.05, 4.69) is 5.32 Å². The number of carboxylic acid groups (broad SMARTS) is 1. The van der Waals surface area contributed by atoms with Crippen LogP contribution in [0.3, 0.4) is 0 Å². The lowest BCUT2D eigenvalue weighted by Gasteiger charge is -2.14. The highest BCUT2D eigenvalue weighted by Crippen LogP contribution is 2.11. The van der Waals surface area contributed by atoms with Crippen molar-refractivity contribution in [3.8, 4) is 0 Å². The predicted molar refractivity (Wildman–Crippen MR) is 79.3 cm³/mol. The Morgan fingerprint density at radius 1 is 1.38 bits per heavy atom. The molecule has 1 unspecified atom stereocenters. The van der Waals surface area contributed by atoms with E-state index in [1.54, 1.807) is 12.1 Å². The molecule has 6 nitrogen and oxygen atoms in total. The fourth-order valence-electron chi connectivity index (χ4n) is 1.57. The predicted octanol–water partition coefficient (Wildman–Crippen LogP) is 1.35. The van der Waals surface area contributed by atoms with Crippen molar-refractivity contribution >= 4 is 33.3 Å². The fraction of sp³-hybridized carbons (Fsp3) is 0.385. The van der Waals surface area contributed by atoms with Gasteiger partial charge < -0.3 is 10.4 Å². The lowest BCUT2D eigenvalue weighted by molar-refractivity contribution is -0.139. The highest BCUT2D eigenvalue weighted by Gasteiger charge is 2.23. The second-order valence-electron chi connectivity index (χ2n) is 4.40. The average molecular weight is 334 g/mol. The zero-order valence-electron chi connectivity index (χ0n) is 11.4. The number of hydrogen-bond acceptors (Lipinski definition) is 4. The molecular formula is C13H16ClNO5S. The molecule has 21 heavy (non-hydrogen) atoms. The van der Waals surface area contributed by atoms with Gasteiger partial charge >= 0.3 is 5.97 Å². The summed E-state index contributed by atoms with van der Waals surface area (Å²) < 4.78 is 22.8. The maximum Gasteiger partial charge on any atom is 0.326 e. The maximum atomic E-state index is 11.9. The van der Waals surface area contributed by atoms with Crippen molar-refractivity contribution in [1.29, 1.82) is 0 Å². The highest BCUT2D eigenvalue weighted by atomic mass is 35.5. The van der Waals surface area contributed by atoms with E-state index in [-0.39, 0.29) is 23.5 Å². The second kappa shape index (κ2) is 7.42. The van der Waals surface area contributed by atoms with E-state index < -0.39 is 27.8 Å². The Morgan fingerprint density at radius 3 is 2.57 bits per heavy atom. The van der Waals surface area contributed by atoms with Gasteiger partial charge in [0.25, 0.3) is 5.91 Å². The normalized spacial score (nSPS) is 12.7. The minimum absolute atomic E-state index is 0.0679. The number of carbonyl (C=O) groups excluding carboxylic acids is 1. The summed E-state index contributed by atoms with van der Waals surface area (Å²) in [5, 5.41) is 11.7. The van der Waals surface area contributed by atoms with Gasteiger partial charge in [-0.2, -0.15) is 0 Å². The molecule has 1 amide bonds. The number of nitrogens with one attached hydrogen (secondary N) is 1. The summed E-state index contributed by atoms with van der Waals surface area (Å²) in [5.74, 6) is -2.26. The van der Waals surface area contributed by atoms with Crippen molar-refractivity contribution < 1.29 is 23.1 Å². The molecule has 2 N–H and O–H groups in total. The number of amides is 1. The Balaban J connectivity index is 2.75. The molecule has 0 fully saturated rings. The maximum absolute atomic E-state index is 11.9. The molecular weight excluding hydrogens is 318 g/mol. The van der Waals surface area contributed by atoms with Crippen LogP contribution in [0.25, 0.3) is 0 Å². The van der Waals surface area contributed by atoms with Crippen molar-refractivity contribution in [1.82, 2.24) is 5.32 Å². The van der Waals surface area contributed by atoms with Gasteiger partial charge in [-0.15, -0.1) is 0 Å². The lowest BCUT2D eigenvalue weighted by Crippen LogP contribution is -2.42. The summed E-state index contributed by atoms with van der Waals surface area (Å²) in [6.45, 7) is 1.48. The molecule has 1 atom stereocenters. The van der Waals surface area contributed by atoms with Gasteiger partial charge in [0.1, 0.15) is 15.9 Å². The number of aliphatic carboxylic acids is 1. The molecule has 1 aromatic carbocycles. The van der Waals surface area contributed by atoms with Crippen LogP contribution >= 0.6 is 11.6 Å². The smallest absolute Gasteiger partial charge is 0.326 e. The van der Waals surface area contributed by atoms with Crippen molar-refractivity contribution in [2.45, 2.75) is 19.4 Å². The Bertz CT molecular complexity index is 629. The van der Waals surface area contributed by atoms with Gasteiger partial charge in [-0.25, -0.2) is 13.2 Å². The van der Waals surface area contributed by atoms with Crippen LogP contribution in [0.15, 0.2) is 24.3 Å². The van der Waals surface area contributed by atoms with Crippen LogP contribution in [0.2, 0.25) is 5.02 Å². The van der Waals surface area contributed by atoms with Crippen LogP contribution in [0, 0.1) is 0 Å². The van der Waals surface area contributed by atoms with Gasteiger partial charge in [0.2, 0.25) is 0 Å². The Labute approximate surface area is 128 Å². The summed E-state index contributed by atoms with van der Waals surface area (Å²) in [4.78, 5) is 23.0. The zero-order valence-corrected chi connectivity index (χ0v) is 12.9. The van der Waals surface area contributed by atoms with Gasteiger partial charge in [-0.05, 0) is 24.6 Å². The van der Waals surface area contributed by atoms with Crippen molar-refractivity contribution in [2.75, 3.05) is 11.5 Å². The standard InChI is InChI=1S/C13H16ClNO5S/c1-2-21(19,20)7-6-11(13(17)18)15-12(16)9-4-3-5-10(14)8-9/h3-5,8,11H,2,6-7H2,1H3,(H,15,16)(H,17,18). The summed E-state index contributed by atoms with van der Waals surface area (Å²) in [7, 11) is -3.29. The summed E-state index contributed by atoms with van der Waals surface area (Å²) in [6, 6.07) is 4.77. The van der Waals surface area contributed by atoms with Gasteiger partial charge in [-0.1, -0.05) is 24.6 Å². The SMILES string of the molecule is CCS(=O)(=O)CCC(NC(=O)c1cccc(Cl)c1)C(=O)O. The van der Waals surface area contributed by atoms with E-state index in [1.165, 1.54) is 19.1 Å². The number of carbonyl (C=O) groups is 2. The molecule has 0 spiro atoms. The van der Waals surface area contributed by atoms with E-state index in [4.69, 9.17) is 16.7 Å². The van der Waals surface area contributed by atoms with Gasteiger partial charge in [0.15, 0.2) is 0 Å². The summed E-state index contributed by atoms with van der Waals surface area (Å²) in [5.41, 5.74) is 0.215. The molecule has 0 heterocycles. The van der Waals surface area contributed by atoms with Gasteiger partial charge in [0, 0.05) is 16.3 Å². The zero-order chi connectivity index (χ0) is 16.0. The van der Waals surface area contributed by atoms with Gasteiger partial charge in [0.05, 0.1) is 5.75 Å². The van der Waals surface area contributed by atoms with Crippen LogP contribution in [0.4, 0.5) is 0 Å². The Kier molecular flexibility index (Phi) is 6.17. The first-order chi connectivity index (χ1) is 9.75. The second-order valence-corrected chi connectivity index (χ2v) is 7.31. The average Bonchev–Trinajstić information content (AvgIpc) is 2.42. The fourth-order valence-corrected chi connectivity index (χ4v) is 2.64. The highest BCUT2D eigenvalue weighted by molar-refractivity contribution is 7.91. The van der Waals surface area contributed by atoms with Crippen LogP contribution in [0.5, 0.6) is 0 Å². The minimum atomic E-state index is -3.29. The summed E-state index contributed by atoms with van der Waals surface area (Å²) in [6.07, 6.45) is -0.183. The quantitative estimate of drug-likeness (QED) is 0.784. The molecule has 0 saturated heterocycles. The molecule has 1 rings (SSSR count). The van der Waals surface area contributed by atoms with E-state index in [1.807, 2.05) is 0 Å². The van der Waals surface area contributed by atoms with Crippen molar-refractivity contribution in [3.63, 3.8) is 0 Å². The first kappa shape index (κ1) is 17.5. The molecule has 0 saturated carbocycles. The number of rotatable bonds is 7. The monoisotopic (exact) mass is 333 g/mol. The van der Waals surface area contributed by atoms with Crippen molar-refractivity contribution in [2.24, 2.45) is 0 Å². The van der Waals surface area contributed by atoms with E-state index >= 15 is 0 Å². The first-order valence-corrected chi connectivity index (χ1v) is 8.44. The number of sulfone groups is 1. The number of carboxylic acids is 1. The number of halogens is 1. The third-order valence-electron chi connectivity index (χ3n) is 2.85. The molecule has 1 aromatic rings. The van der Waals surface area contributed by atoms with Gasteiger partial charge in [-0.3, -0.25) is 4.79 Å². The van der Waals surface area contributed by atoms with Crippen LogP contribution < -0.4 is 5.32 Å². The molecule has 116 valence electrons. The first-order valence-electron chi connectivity index (χ1n) is 6.25. The topological polar surface area (TPSA) is 101 Å². The Morgan fingerprint density at radius 2 is 2.05 bits per heavy atom. The summed E-state index contributed by atoms with van der Waals surface area (Å²) >= 11 is 5.75. The number of benzene rings is 1. The number of hydrogen-bond donors (Lipinski definition) is 2. The lowest BCUT2D eigenvalue weighted by atomic mass is 10.1. The third-order valence-corrected chi connectivity index (χ3v) is 4.82. The van der Waals surface area contributed by atoms with Crippen LogP contribution in [-0.4, -0.2) is 42.9 Å². The minimum Gasteiger partial charge on any atom is -0.480 e. The molecule has 0 aromatic heterocycles. The molecule has 0 bridgehead atoms. The molecule has 8 heteroatoms. The van der Waals surface area contributed by atoms with Crippen molar-refractivity contribution in [3.05, 3.63) is 34.9 Å². The van der Waals surface area contributed by atoms with E-state index in [0.717, 1.165) is 0 Å². The Hall–Kier alpha value is -1.60. The largest absolute Gasteiger partial charge is 0.480 e. The van der Waals surface area contributed by atoms with E-state index in [0.29, 0.717) is 5.02 Å². The van der Waals surface area contributed by atoms with Crippen LogP contribution in [-0.2, 0) is 14.6 Å². The molecule has 0 radical (unpaired) electrons. The molecule has 0 aliphatic heterocycles. The molecule has 0 aliphatic rings.